The molecule has 0 atom stereocenters. The highest BCUT2D eigenvalue weighted by Gasteiger charge is 2.12. The molecule has 2 aromatic rings. The van der Waals surface area contributed by atoms with Crippen molar-refractivity contribution in [1.29, 1.82) is 0 Å². The fraction of sp³-hybridized carbons (Fsp3) is 0.250. The Morgan fingerprint density at radius 3 is 1.73 bits per heavy atom. The number of carbonyl (C=O) groups is 1. The van der Waals surface area contributed by atoms with Crippen LogP contribution in [0.3, 0.4) is 0 Å². The zero-order valence-corrected chi connectivity index (χ0v) is 13.6. The summed E-state index contributed by atoms with van der Waals surface area (Å²) in [6, 6.07) is 15.9. The zero-order chi connectivity index (χ0) is 16.2. The second kappa shape index (κ2) is 6.61. The Balaban J connectivity index is 2.10. The first kappa shape index (κ1) is 16.0. The van der Waals surface area contributed by atoms with E-state index in [2.05, 4.69) is 55.8 Å². The van der Waals surface area contributed by atoms with Gasteiger partial charge in [-0.15, -0.1) is 0 Å². The van der Waals surface area contributed by atoms with E-state index in [0.717, 1.165) is 11.1 Å². The van der Waals surface area contributed by atoms with Gasteiger partial charge in [-0.05, 0) is 34.2 Å². The Morgan fingerprint density at radius 2 is 1.32 bits per heavy atom. The maximum atomic E-state index is 11.4. The molecule has 0 radical (unpaired) electrons. The molecule has 2 nitrogen and oxygen atoms in total. The van der Waals surface area contributed by atoms with Gasteiger partial charge in [-0.1, -0.05) is 69.3 Å². The molecule has 114 valence electrons. The second-order valence-electron chi connectivity index (χ2n) is 6.32. The van der Waals surface area contributed by atoms with Gasteiger partial charge < -0.3 is 4.74 Å². The molecule has 0 spiro atoms. The van der Waals surface area contributed by atoms with Gasteiger partial charge in [-0.2, -0.15) is 0 Å². The summed E-state index contributed by atoms with van der Waals surface area (Å²) in [5, 5.41) is 0. The predicted octanol–water partition coefficient (Wildman–Crippen LogP) is 4.94. The van der Waals surface area contributed by atoms with E-state index in [1.54, 1.807) is 12.1 Å². The number of hydrogen-bond acceptors (Lipinski definition) is 2. The van der Waals surface area contributed by atoms with Crippen molar-refractivity contribution in [2.45, 2.75) is 26.2 Å². The van der Waals surface area contributed by atoms with E-state index >= 15 is 0 Å². The van der Waals surface area contributed by atoms with Gasteiger partial charge in [0.2, 0.25) is 0 Å². The SMILES string of the molecule is COC(=O)c1ccc(/C=C/c2ccc(C(C)(C)C)cc2)cc1. The molecule has 0 bridgehead atoms. The quantitative estimate of drug-likeness (QED) is 0.592. The average Bonchev–Trinajstić information content (AvgIpc) is 2.52. The van der Waals surface area contributed by atoms with Gasteiger partial charge in [0.1, 0.15) is 0 Å². The van der Waals surface area contributed by atoms with Crippen LogP contribution in [-0.2, 0) is 10.2 Å². The highest BCUT2D eigenvalue weighted by Crippen LogP contribution is 2.22. The topological polar surface area (TPSA) is 26.3 Å². The van der Waals surface area contributed by atoms with Crippen molar-refractivity contribution in [3.05, 3.63) is 70.8 Å². The van der Waals surface area contributed by atoms with Gasteiger partial charge >= 0.3 is 5.97 Å². The summed E-state index contributed by atoms with van der Waals surface area (Å²) in [7, 11) is 1.39. The van der Waals surface area contributed by atoms with Crippen molar-refractivity contribution in [2.24, 2.45) is 0 Å². The van der Waals surface area contributed by atoms with E-state index in [1.807, 2.05) is 18.2 Å². The molecule has 2 rings (SSSR count). The maximum absolute atomic E-state index is 11.4. The highest BCUT2D eigenvalue weighted by atomic mass is 16.5. The monoisotopic (exact) mass is 294 g/mol. The summed E-state index contributed by atoms with van der Waals surface area (Å²) in [5.41, 5.74) is 4.27. The van der Waals surface area contributed by atoms with Crippen molar-refractivity contribution in [2.75, 3.05) is 7.11 Å². The van der Waals surface area contributed by atoms with E-state index in [1.165, 1.54) is 12.7 Å². The molecule has 0 aliphatic carbocycles. The molecule has 2 heteroatoms. The van der Waals surface area contributed by atoms with Crippen LogP contribution in [0.5, 0.6) is 0 Å². The Bertz CT molecular complexity index is 656. The van der Waals surface area contributed by atoms with Crippen LogP contribution < -0.4 is 0 Å². The summed E-state index contributed by atoms with van der Waals surface area (Å²) in [6.07, 6.45) is 4.10. The minimum absolute atomic E-state index is 0.173. The zero-order valence-electron chi connectivity index (χ0n) is 13.6. The van der Waals surface area contributed by atoms with Crippen LogP contribution in [0, 0.1) is 0 Å². The summed E-state index contributed by atoms with van der Waals surface area (Å²) < 4.78 is 4.69. The van der Waals surface area contributed by atoms with Crippen LogP contribution in [-0.4, -0.2) is 13.1 Å². The molecule has 0 heterocycles. The normalized spacial score (nSPS) is 11.6. The molecule has 0 fully saturated rings. The molecule has 0 aliphatic rings. The van der Waals surface area contributed by atoms with Crippen LogP contribution in [0.15, 0.2) is 48.5 Å². The summed E-state index contributed by atoms with van der Waals surface area (Å²) in [5.74, 6) is -0.312. The predicted molar refractivity (Wildman–Crippen MR) is 91.9 cm³/mol. The van der Waals surface area contributed by atoms with Crippen LogP contribution in [0.25, 0.3) is 12.2 Å². The van der Waals surface area contributed by atoms with Gasteiger partial charge in [0.25, 0.3) is 0 Å². The molecule has 0 aromatic heterocycles. The van der Waals surface area contributed by atoms with Gasteiger partial charge in [0, 0.05) is 0 Å². The Morgan fingerprint density at radius 1 is 0.864 bits per heavy atom. The van der Waals surface area contributed by atoms with Crippen molar-refractivity contribution >= 4 is 18.1 Å². The van der Waals surface area contributed by atoms with E-state index < -0.39 is 0 Å². The number of ether oxygens (including phenoxy) is 1. The molecule has 0 amide bonds. The largest absolute Gasteiger partial charge is 0.465 e. The molecule has 0 aliphatic heterocycles. The van der Waals surface area contributed by atoms with Crippen molar-refractivity contribution in [1.82, 2.24) is 0 Å². The maximum Gasteiger partial charge on any atom is 0.337 e. The molecule has 0 unspecified atom stereocenters. The lowest BCUT2D eigenvalue weighted by Crippen LogP contribution is -2.10. The van der Waals surface area contributed by atoms with Crippen LogP contribution in [0.4, 0.5) is 0 Å². The lowest BCUT2D eigenvalue weighted by Gasteiger charge is -2.18. The Hall–Kier alpha value is -2.35. The van der Waals surface area contributed by atoms with Crippen LogP contribution in [0.1, 0.15) is 47.8 Å². The van der Waals surface area contributed by atoms with Gasteiger partial charge in [-0.3, -0.25) is 0 Å². The van der Waals surface area contributed by atoms with E-state index in [4.69, 9.17) is 0 Å². The third-order valence-electron chi connectivity index (χ3n) is 3.58. The third-order valence-corrected chi connectivity index (χ3v) is 3.58. The van der Waals surface area contributed by atoms with Crippen LogP contribution >= 0.6 is 0 Å². The number of rotatable bonds is 3. The Labute approximate surface area is 132 Å². The number of esters is 1. The van der Waals surface area contributed by atoms with Crippen molar-refractivity contribution < 1.29 is 9.53 Å². The standard InChI is InChI=1S/C20H22O2/c1-20(2,3)18-13-9-16(10-14-18)6-5-15-7-11-17(12-8-15)19(21)22-4/h5-14H,1-4H3/b6-5+. The molecule has 0 N–H and O–H groups in total. The van der Waals surface area contributed by atoms with Crippen LogP contribution in [0.2, 0.25) is 0 Å². The lowest BCUT2D eigenvalue weighted by molar-refractivity contribution is 0.0600. The van der Waals surface area contributed by atoms with Gasteiger partial charge in [0.15, 0.2) is 0 Å². The fourth-order valence-corrected chi connectivity index (χ4v) is 2.13. The molecule has 0 saturated carbocycles. The van der Waals surface area contributed by atoms with E-state index in [0.29, 0.717) is 5.56 Å². The molecule has 22 heavy (non-hydrogen) atoms. The van der Waals surface area contributed by atoms with Crippen molar-refractivity contribution in [3.63, 3.8) is 0 Å². The van der Waals surface area contributed by atoms with Gasteiger partial charge in [0.05, 0.1) is 12.7 Å². The first-order valence-electron chi connectivity index (χ1n) is 7.37. The molecule has 2 aromatic carbocycles. The fourth-order valence-electron chi connectivity index (χ4n) is 2.13. The van der Waals surface area contributed by atoms with Crippen molar-refractivity contribution in [3.8, 4) is 0 Å². The minimum atomic E-state index is -0.312. The second-order valence-corrected chi connectivity index (χ2v) is 6.32. The number of hydrogen-bond donors (Lipinski definition) is 0. The summed E-state index contributed by atoms with van der Waals surface area (Å²) in [6.45, 7) is 6.63. The van der Waals surface area contributed by atoms with E-state index in [9.17, 15) is 4.79 Å². The number of methoxy groups -OCH3 is 1. The molecular weight excluding hydrogens is 272 g/mol. The summed E-state index contributed by atoms with van der Waals surface area (Å²) in [4.78, 5) is 11.4. The average molecular weight is 294 g/mol. The minimum Gasteiger partial charge on any atom is -0.465 e. The first-order valence-corrected chi connectivity index (χ1v) is 7.37. The molecular formula is C20H22O2. The smallest absolute Gasteiger partial charge is 0.337 e. The third kappa shape index (κ3) is 4.08. The number of benzene rings is 2. The lowest BCUT2D eigenvalue weighted by atomic mass is 9.87. The first-order chi connectivity index (χ1) is 10.4. The molecule has 0 saturated heterocycles. The van der Waals surface area contributed by atoms with E-state index in [-0.39, 0.29) is 11.4 Å². The summed E-state index contributed by atoms with van der Waals surface area (Å²) >= 11 is 0. The van der Waals surface area contributed by atoms with Gasteiger partial charge in [-0.25, -0.2) is 4.79 Å². The highest BCUT2D eigenvalue weighted by molar-refractivity contribution is 5.89. The Kier molecular flexibility index (Phi) is 4.81. The number of carbonyl (C=O) groups excluding carboxylic acids is 1.